The fourth-order valence-corrected chi connectivity index (χ4v) is 3.49. The number of carbonyl (C=O) groups is 1. The lowest BCUT2D eigenvalue weighted by atomic mass is 10.1. The second kappa shape index (κ2) is 8.31. The molecule has 7 nitrogen and oxygen atoms in total. The zero-order chi connectivity index (χ0) is 21.0. The van der Waals surface area contributed by atoms with Gasteiger partial charge in [-0.3, -0.25) is 9.78 Å². The first kappa shape index (κ1) is 18.9. The van der Waals surface area contributed by atoms with E-state index in [0.29, 0.717) is 30.3 Å². The number of pyridine rings is 1. The highest BCUT2D eigenvalue weighted by Gasteiger charge is 2.25. The summed E-state index contributed by atoms with van der Waals surface area (Å²) in [6.45, 7) is 0.886. The van der Waals surface area contributed by atoms with E-state index in [9.17, 15) is 4.79 Å². The molecular weight excluding hydrogens is 394 g/mol. The summed E-state index contributed by atoms with van der Waals surface area (Å²) in [5.41, 5.74) is 2.76. The molecule has 0 radical (unpaired) electrons. The minimum Gasteiger partial charge on any atom is -0.454 e. The van der Waals surface area contributed by atoms with Gasteiger partial charge in [-0.1, -0.05) is 42.5 Å². The van der Waals surface area contributed by atoms with Gasteiger partial charge in [-0.2, -0.15) is 0 Å². The molecule has 0 saturated carbocycles. The molecule has 0 spiro atoms. The summed E-state index contributed by atoms with van der Waals surface area (Å²) in [6, 6.07) is 20.8. The van der Waals surface area contributed by atoms with Crippen molar-refractivity contribution in [2.75, 3.05) is 6.79 Å². The molecule has 5 rings (SSSR count). The van der Waals surface area contributed by atoms with Gasteiger partial charge in [0.15, 0.2) is 29.3 Å². The van der Waals surface area contributed by atoms with E-state index in [-0.39, 0.29) is 18.4 Å². The fraction of sp³-hybridized carbons (Fsp3) is 0.125. The molecule has 0 aliphatic carbocycles. The van der Waals surface area contributed by atoms with Crippen LogP contribution in [0.4, 0.5) is 0 Å². The van der Waals surface area contributed by atoms with E-state index in [2.05, 4.69) is 9.97 Å². The van der Waals surface area contributed by atoms with E-state index in [4.69, 9.17) is 13.9 Å². The Hall–Kier alpha value is -4.13. The highest BCUT2D eigenvalue weighted by molar-refractivity contribution is 5.97. The standard InChI is InChI=1S/C24H19N3O4/c28-24(22-23(29-15-26-22)18-6-2-1-3-7-18)27(14-19-8-4-5-11-25-19)13-17-9-10-20-21(12-17)31-16-30-20/h1-12,15H,13-14,16H2. The van der Waals surface area contributed by atoms with Crippen LogP contribution in [0.15, 0.2) is 83.7 Å². The summed E-state index contributed by atoms with van der Waals surface area (Å²) in [5, 5.41) is 0. The molecule has 0 atom stereocenters. The summed E-state index contributed by atoms with van der Waals surface area (Å²) in [4.78, 5) is 23.9. The van der Waals surface area contributed by atoms with Crippen LogP contribution in [-0.4, -0.2) is 27.6 Å². The summed E-state index contributed by atoms with van der Waals surface area (Å²) < 4.78 is 16.4. The van der Waals surface area contributed by atoms with Crippen LogP contribution in [0, 0.1) is 0 Å². The molecule has 1 aliphatic rings. The van der Waals surface area contributed by atoms with Crippen LogP contribution in [-0.2, 0) is 13.1 Å². The maximum Gasteiger partial charge on any atom is 0.277 e. The van der Waals surface area contributed by atoms with Crippen LogP contribution in [0.25, 0.3) is 11.3 Å². The van der Waals surface area contributed by atoms with Crippen LogP contribution in [0.1, 0.15) is 21.7 Å². The minimum absolute atomic E-state index is 0.203. The molecule has 2 aromatic carbocycles. The predicted molar refractivity (Wildman–Crippen MR) is 112 cm³/mol. The number of benzene rings is 2. The Morgan fingerprint density at radius 2 is 1.74 bits per heavy atom. The maximum atomic E-state index is 13.6. The van der Waals surface area contributed by atoms with E-state index >= 15 is 0 Å². The maximum absolute atomic E-state index is 13.6. The van der Waals surface area contributed by atoms with E-state index in [1.807, 2.05) is 66.7 Å². The third-order valence-corrected chi connectivity index (χ3v) is 4.98. The third kappa shape index (κ3) is 3.98. The van der Waals surface area contributed by atoms with Crippen LogP contribution in [0.3, 0.4) is 0 Å². The molecule has 31 heavy (non-hydrogen) atoms. The van der Waals surface area contributed by atoms with Crippen molar-refractivity contribution in [3.05, 3.63) is 96.3 Å². The number of nitrogens with zero attached hydrogens (tertiary/aromatic N) is 3. The minimum atomic E-state index is -0.240. The number of carbonyl (C=O) groups excluding carboxylic acids is 1. The number of aromatic nitrogens is 2. The lowest BCUT2D eigenvalue weighted by Crippen LogP contribution is -2.31. The summed E-state index contributed by atoms with van der Waals surface area (Å²) >= 11 is 0. The molecule has 7 heteroatoms. The Balaban J connectivity index is 1.47. The topological polar surface area (TPSA) is 77.7 Å². The summed E-state index contributed by atoms with van der Waals surface area (Å²) in [7, 11) is 0. The van der Waals surface area contributed by atoms with Crippen molar-refractivity contribution in [2.45, 2.75) is 13.1 Å². The van der Waals surface area contributed by atoms with Crippen molar-refractivity contribution in [3.8, 4) is 22.8 Å². The van der Waals surface area contributed by atoms with Crippen molar-refractivity contribution in [3.63, 3.8) is 0 Å². The third-order valence-electron chi connectivity index (χ3n) is 4.98. The Morgan fingerprint density at radius 3 is 2.58 bits per heavy atom. The number of fused-ring (bicyclic) bond motifs is 1. The average Bonchev–Trinajstić information content (AvgIpc) is 3.49. The van der Waals surface area contributed by atoms with Crippen molar-refractivity contribution < 1.29 is 18.7 Å². The van der Waals surface area contributed by atoms with E-state index in [1.165, 1.54) is 6.39 Å². The number of rotatable bonds is 6. The van der Waals surface area contributed by atoms with E-state index < -0.39 is 0 Å². The molecular formula is C24H19N3O4. The molecule has 0 saturated heterocycles. The molecule has 1 amide bonds. The first-order valence-electron chi connectivity index (χ1n) is 9.84. The van der Waals surface area contributed by atoms with Crippen LogP contribution < -0.4 is 9.47 Å². The molecule has 1 aliphatic heterocycles. The monoisotopic (exact) mass is 413 g/mol. The van der Waals surface area contributed by atoms with Gasteiger partial charge in [-0.15, -0.1) is 0 Å². The van der Waals surface area contributed by atoms with Crippen LogP contribution in [0.5, 0.6) is 11.5 Å². The number of hydrogen-bond acceptors (Lipinski definition) is 6. The van der Waals surface area contributed by atoms with Gasteiger partial charge < -0.3 is 18.8 Å². The van der Waals surface area contributed by atoms with Crippen molar-refractivity contribution >= 4 is 5.91 Å². The van der Waals surface area contributed by atoms with Gasteiger partial charge in [0, 0.05) is 18.3 Å². The number of oxazole rings is 1. The number of amides is 1. The van der Waals surface area contributed by atoms with Gasteiger partial charge in [-0.25, -0.2) is 4.98 Å². The van der Waals surface area contributed by atoms with Crippen LogP contribution >= 0.6 is 0 Å². The van der Waals surface area contributed by atoms with Crippen LogP contribution in [0.2, 0.25) is 0 Å². The van der Waals surface area contributed by atoms with Gasteiger partial charge in [0.25, 0.3) is 5.91 Å². The molecule has 154 valence electrons. The van der Waals surface area contributed by atoms with Gasteiger partial charge in [0.2, 0.25) is 6.79 Å². The first-order valence-corrected chi connectivity index (χ1v) is 9.84. The normalized spacial score (nSPS) is 12.0. The first-order chi connectivity index (χ1) is 15.3. The van der Waals surface area contributed by atoms with Crippen molar-refractivity contribution in [1.29, 1.82) is 0 Å². The second-order valence-corrected chi connectivity index (χ2v) is 7.07. The molecule has 3 heterocycles. The predicted octanol–water partition coefficient (Wildman–Crippen LogP) is 4.31. The van der Waals surface area contributed by atoms with E-state index in [1.54, 1.807) is 11.1 Å². The Bertz CT molecular complexity index is 1190. The molecule has 4 aromatic rings. The number of ether oxygens (including phenoxy) is 2. The van der Waals surface area contributed by atoms with E-state index in [0.717, 1.165) is 16.8 Å². The molecule has 0 unspecified atom stereocenters. The highest BCUT2D eigenvalue weighted by Crippen LogP contribution is 2.33. The molecule has 0 fully saturated rings. The number of hydrogen-bond donors (Lipinski definition) is 0. The van der Waals surface area contributed by atoms with Gasteiger partial charge >= 0.3 is 0 Å². The molecule has 2 aromatic heterocycles. The lowest BCUT2D eigenvalue weighted by Gasteiger charge is -2.22. The molecule has 0 N–H and O–H groups in total. The largest absolute Gasteiger partial charge is 0.454 e. The van der Waals surface area contributed by atoms with Crippen molar-refractivity contribution in [1.82, 2.24) is 14.9 Å². The quantitative estimate of drug-likeness (QED) is 0.469. The zero-order valence-electron chi connectivity index (χ0n) is 16.6. The van der Waals surface area contributed by atoms with Gasteiger partial charge in [-0.05, 0) is 29.8 Å². The fourth-order valence-electron chi connectivity index (χ4n) is 3.49. The molecule has 0 bridgehead atoms. The lowest BCUT2D eigenvalue weighted by molar-refractivity contribution is 0.0722. The summed E-state index contributed by atoms with van der Waals surface area (Å²) in [6.07, 6.45) is 3.01. The average molecular weight is 413 g/mol. The SMILES string of the molecule is O=C(c1ncoc1-c1ccccc1)N(Cc1ccc2c(c1)OCO2)Cc1ccccn1. The zero-order valence-corrected chi connectivity index (χ0v) is 16.6. The Labute approximate surface area is 178 Å². The van der Waals surface area contributed by atoms with Gasteiger partial charge in [0.1, 0.15) is 0 Å². The smallest absolute Gasteiger partial charge is 0.277 e. The summed E-state index contributed by atoms with van der Waals surface area (Å²) in [5.74, 6) is 1.58. The van der Waals surface area contributed by atoms with Gasteiger partial charge in [0.05, 0.1) is 12.2 Å². The highest BCUT2D eigenvalue weighted by atomic mass is 16.7. The Morgan fingerprint density at radius 1 is 0.903 bits per heavy atom. The second-order valence-electron chi connectivity index (χ2n) is 7.07. The Kier molecular flexibility index (Phi) is 5.06. The van der Waals surface area contributed by atoms with Crippen molar-refractivity contribution in [2.24, 2.45) is 0 Å².